The maximum atomic E-state index is 13.0. The highest BCUT2D eigenvalue weighted by molar-refractivity contribution is 6.35. The van der Waals surface area contributed by atoms with Crippen LogP contribution < -0.4 is 15.0 Å². The summed E-state index contributed by atoms with van der Waals surface area (Å²) in [5, 5.41) is 2.94. The highest BCUT2D eigenvalue weighted by Crippen LogP contribution is 2.34. The van der Waals surface area contributed by atoms with Gasteiger partial charge in [0.2, 0.25) is 0 Å². The van der Waals surface area contributed by atoms with E-state index in [0.717, 1.165) is 24.4 Å². The Bertz CT molecular complexity index is 1040. The van der Waals surface area contributed by atoms with E-state index >= 15 is 0 Å². The van der Waals surface area contributed by atoms with Crippen molar-refractivity contribution in [2.75, 3.05) is 31.6 Å². The number of carbonyl (C=O) groups excluding carboxylic acids is 3. The molecule has 2 aromatic rings. The summed E-state index contributed by atoms with van der Waals surface area (Å²) in [6.07, 6.45) is 4.65. The molecular weight excluding hydrogens is 406 g/mol. The molecule has 168 valence electrons. The number of likely N-dealkylation sites (tertiary alicyclic amines) is 1. The first kappa shape index (κ1) is 22.0. The van der Waals surface area contributed by atoms with Gasteiger partial charge in [0.25, 0.3) is 17.7 Å². The first-order valence-corrected chi connectivity index (χ1v) is 11.2. The van der Waals surface area contributed by atoms with Crippen LogP contribution in [0.1, 0.15) is 63.7 Å². The minimum Gasteiger partial charge on any atom is -0.495 e. The third kappa shape index (κ3) is 4.25. The summed E-state index contributed by atoms with van der Waals surface area (Å²) in [4.78, 5) is 42.1. The van der Waals surface area contributed by atoms with Crippen molar-refractivity contribution in [3.8, 4) is 5.75 Å². The zero-order chi connectivity index (χ0) is 22.7. The fraction of sp³-hybridized carbons (Fsp3) is 0.400. The van der Waals surface area contributed by atoms with Gasteiger partial charge in [-0.25, -0.2) is 4.90 Å². The number of nitrogens with one attached hydrogen (secondary N) is 1. The van der Waals surface area contributed by atoms with E-state index in [2.05, 4.69) is 17.1 Å². The van der Waals surface area contributed by atoms with Crippen LogP contribution in [0.4, 0.5) is 5.69 Å². The standard InChI is InChI=1S/C25H29N3O4/c1-17-8-5-6-14-27(17)15-7-13-26-23(29)18-11-12-19-20(16-18)25(31)28(24(19)30)21-9-3-4-10-22(21)32-2/h3-4,9-12,16-17H,5-8,13-15H2,1-2H3,(H,26,29). The third-order valence-corrected chi connectivity index (χ3v) is 6.32. The summed E-state index contributed by atoms with van der Waals surface area (Å²) >= 11 is 0. The number of ether oxygens (including phenoxy) is 1. The van der Waals surface area contributed by atoms with Gasteiger partial charge < -0.3 is 15.0 Å². The number of fused-ring (bicyclic) bond motifs is 1. The number of para-hydroxylation sites is 2. The van der Waals surface area contributed by atoms with Crippen molar-refractivity contribution >= 4 is 23.4 Å². The molecule has 0 aliphatic carbocycles. The summed E-state index contributed by atoms with van der Waals surface area (Å²) in [7, 11) is 1.49. The topological polar surface area (TPSA) is 79.0 Å². The number of benzene rings is 2. The lowest BCUT2D eigenvalue weighted by Crippen LogP contribution is -2.39. The molecule has 2 aliphatic rings. The van der Waals surface area contributed by atoms with Gasteiger partial charge in [-0.3, -0.25) is 14.4 Å². The van der Waals surface area contributed by atoms with E-state index in [1.54, 1.807) is 36.4 Å². The van der Waals surface area contributed by atoms with Crippen molar-refractivity contribution in [2.24, 2.45) is 0 Å². The molecule has 2 heterocycles. The number of nitrogens with zero attached hydrogens (tertiary/aromatic N) is 2. The number of piperidine rings is 1. The van der Waals surface area contributed by atoms with Crippen LogP contribution in [0.15, 0.2) is 42.5 Å². The fourth-order valence-corrected chi connectivity index (χ4v) is 4.49. The number of anilines is 1. The first-order valence-electron chi connectivity index (χ1n) is 11.2. The molecule has 3 amide bonds. The van der Waals surface area contributed by atoms with Gasteiger partial charge in [0.1, 0.15) is 5.75 Å². The molecule has 0 aromatic heterocycles. The zero-order valence-corrected chi connectivity index (χ0v) is 18.6. The molecule has 0 saturated carbocycles. The predicted octanol–water partition coefficient (Wildman–Crippen LogP) is 3.49. The molecule has 1 saturated heterocycles. The monoisotopic (exact) mass is 435 g/mol. The summed E-state index contributed by atoms with van der Waals surface area (Å²) < 4.78 is 5.31. The summed E-state index contributed by atoms with van der Waals surface area (Å²) in [5.41, 5.74) is 1.28. The average Bonchev–Trinajstić information content (AvgIpc) is 3.07. The molecule has 7 nitrogen and oxygen atoms in total. The largest absolute Gasteiger partial charge is 0.495 e. The van der Waals surface area contributed by atoms with Crippen LogP contribution in [0.25, 0.3) is 0 Å². The minimum atomic E-state index is -0.455. The maximum absolute atomic E-state index is 13.0. The van der Waals surface area contributed by atoms with Gasteiger partial charge >= 0.3 is 0 Å². The molecule has 4 rings (SSSR count). The van der Waals surface area contributed by atoms with Gasteiger partial charge in [-0.2, -0.15) is 0 Å². The molecular formula is C25H29N3O4. The van der Waals surface area contributed by atoms with E-state index in [1.807, 2.05) is 0 Å². The SMILES string of the molecule is COc1ccccc1N1C(=O)c2ccc(C(=O)NCCCN3CCCCC3C)cc2C1=O. The molecule has 1 atom stereocenters. The zero-order valence-electron chi connectivity index (χ0n) is 18.6. The lowest BCUT2D eigenvalue weighted by molar-refractivity contribution is 0.0922. The second kappa shape index (κ2) is 9.53. The van der Waals surface area contributed by atoms with Crippen LogP contribution in [0, 0.1) is 0 Å². The number of methoxy groups -OCH3 is 1. The molecule has 32 heavy (non-hydrogen) atoms. The molecule has 1 N–H and O–H groups in total. The van der Waals surface area contributed by atoms with Gasteiger partial charge in [0.05, 0.1) is 23.9 Å². The van der Waals surface area contributed by atoms with E-state index in [1.165, 1.54) is 32.4 Å². The summed E-state index contributed by atoms with van der Waals surface area (Å²) in [6, 6.07) is 12.1. The van der Waals surface area contributed by atoms with E-state index in [4.69, 9.17) is 4.74 Å². The van der Waals surface area contributed by atoms with Crippen LogP contribution in [0.2, 0.25) is 0 Å². The number of hydrogen-bond donors (Lipinski definition) is 1. The van der Waals surface area contributed by atoms with Crippen molar-refractivity contribution in [1.29, 1.82) is 0 Å². The number of hydrogen-bond acceptors (Lipinski definition) is 5. The van der Waals surface area contributed by atoms with Crippen LogP contribution in [0.5, 0.6) is 5.75 Å². The highest BCUT2D eigenvalue weighted by Gasteiger charge is 2.38. The second-order valence-corrected chi connectivity index (χ2v) is 8.37. The van der Waals surface area contributed by atoms with Crippen molar-refractivity contribution in [3.63, 3.8) is 0 Å². The maximum Gasteiger partial charge on any atom is 0.266 e. The van der Waals surface area contributed by atoms with Crippen LogP contribution in [-0.2, 0) is 0 Å². The molecule has 7 heteroatoms. The van der Waals surface area contributed by atoms with E-state index in [0.29, 0.717) is 29.6 Å². The molecule has 1 unspecified atom stereocenters. The second-order valence-electron chi connectivity index (χ2n) is 8.37. The first-order chi connectivity index (χ1) is 15.5. The molecule has 0 bridgehead atoms. The quantitative estimate of drug-likeness (QED) is 0.532. The van der Waals surface area contributed by atoms with Crippen molar-refractivity contribution in [3.05, 3.63) is 59.2 Å². The van der Waals surface area contributed by atoms with Gasteiger partial charge in [-0.1, -0.05) is 18.6 Å². The van der Waals surface area contributed by atoms with Gasteiger partial charge in [-0.15, -0.1) is 0 Å². The Labute approximate surface area is 188 Å². The third-order valence-electron chi connectivity index (χ3n) is 6.32. The normalized spacial score (nSPS) is 18.6. The Morgan fingerprint density at radius 1 is 1.09 bits per heavy atom. The van der Waals surface area contributed by atoms with Crippen molar-refractivity contribution in [1.82, 2.24) is 10.2 Å². The lowest BCUT2D eigenvalue weighted by Gasteiger charge is -2.33. The average molecular weight is 436 g/mol. The van der Waals surface area contributed by atoms with Crippen LogP contribution >= 0.6 is 0 Å². The van der Waals surface area contributed by atoms with E-state index in [-0.39, 0.29) is 17.0 Å². The fourth-order valence-electron chi connectivity index (χ4n) is 4.49. The molecule has 1 fully saturated rings. The van der Waals surface area contributed by atoms with Gasteiger partial charge in [0, 0.05) is 24.7 Å². The summed E-state index contributed by atoms with van der Waals surface area (Å²) in [6.45, 7) is 4.92. The Morgan fingerprint density at radius 3 is 2.66 bits per heavy atom. The highest BCUT2D eigenvalue weighted by atomic mass is 16.5. The number of imide groups is 1. The Kier molecular flexibility index (Phi) is 6.55. The lowest BCUT2D eigenvalue weighted by atomic mass is 10.0. The Morgan fingerprint density at radius 2 is 1.88 bits per heavy atom. The number of amides is 3. The molecule has 0 radical (unpaired) electrons. The Hall–Kier alpha value is -3.19. The number of rotatable bonds is 7. The Balaban J connectivity index is 1.41. The predicted molar refractivity (Wildman–Crippen MR) is 122 cm³/mol. The van der Waals surface area contributed by atoms with Gasteiger partial charge in [-0.05, 0) is 63.1 Å². The number of carbonyl (C=O) groups is 3. The van der Waals surface area contributed by atoms with Crippen molar-refractivity contribution in [2.45, 2.75) is 38.6 Å². The van der Waals surface area contributed by atoms with Crippen molar-refractivity contribution < 1.29 is 19.1 Å². The molecule has 2 aromatic carbocycles. The molecule has 0 spiro atoms. The summed E-state index contributed by atoms with van der Waals surface area (Å²) in [5.74, 6) is -0.682. The smallest absolute Gasteiger partial charge is 0.266 e. The van der Waals surface area contributed by atoms with E-state index in [9.17, 15) is 14.4 Å². The van der Waals surface area contributed by atoms with Crippen LogP contribution in [-0.4, -0.2) is 55.4 Å². The minimum absolute atomic E-state index is 0.232. The molecule has 2 aliphatic heterocycles. The van der Waals surface area contributed by atoms with E-state index < -0.39 is 11.8 Å². The van der Waals surface area contributed by atoms with Gasteiger partial charge in [0.15, 0.2) is 0 Å². The van der Waals surface area contributed by atoms with Crippen LogP contribution in [0.3, 0.4) is 0 Å².